The van der Waals surface area contributed by atoms with Crippen molar-refractivity contribution >= 4 is 0 Å². The van der Waals surface area contributed by atoms with E-state index in [1.165, 1.54) is 19.3 Å². The van der Waals surface area contributed by atoms with Crippen LogP contribution in [0.5, 0.6) is 0 Å². The van der Waals surface area contributed by atoms with E-state index in [1.54, 1.807) is 0 Å². The summed E-state index contributed by atoms with van der Waals surface area (Å²) >= 11 is 0. The number of unbranched alkanes of at least 4 members (excludes halogenated alkanes) is 1. The molecule has 1 N–H and O–H groups in total. The van der Waals surface area contributed by atoms with Gasteiger partial charge in [-0.25, -0.2) is 4.98 Å². The number of hydrogen-bond acceptors (Lipinski definition) is 2. The molecule has 0 fully saturated rings. The van der Waals surface area contributed by atoms with E-state index < -0.39 is 0 Å². The zero-order valence-electron chi connectivity index (χ0n) is 10.8. The van der Waals surface area contributed by atoms with E-state index >= 15 is 0 Å². The van der Waals surface area contributed by atoms with Crippen molar-refractivity contribution < 1.29 is 0 Å². The summed E-state index contributed by atoms with van der Waals surface area (Å²) in [7, 11) is 0. The van der Waals surface area contributed by atoms with Crippen LogP contribution >= 0.6 is 0 Å². The molecule has 3 nitrogen and oxygen atoms in total. The lowest BCUT2D eigenvalue weighted by Gasteiger charge is -2.17. The third kappa shape index (κ3) is 5.31. The number of imidazole rings is 1. The molecule has 3 heteroatoms. The van der Waals surface area contributed by atoms with Gasteiger partial charge in [0.15, 0.2) is 0 Å². The Bertz CT molecular complexity index is 256. The smallest absolute Gasteiger partial charge is 0.0946 e. The molecule has 0 bridgehead atoms. The average molecular weight is 223 g/mol. The first-order valence-corrected chi connectivity index (χ1v) is 6.41. The highest BCUT2D eigenvalue weighted by Crippen LogP contribution is 2.02. The SMILES string of the molecule is CCCCC(C)NCC(C)Cn1ccnc1. The van der Waals surface area contributed by atoms with Crippen LogP contribution in [0.3, 0.4) is 0 Å². The molecule has 0 spiro atoms. The highest BCUT2D eigenvalue weighted by molar-refractivity contribution is 4.75. The fourth-order valence-corrected chi connectivity index (χ4v) is 1.83. The minimum Gasteiger partial charge on any atom is -0.337 e. The van der Waals surface area contributed by atoms with Gasteiger partial charge >= 0.3 is 0 Å². The Hall–Kier alpha value is -0.830. The van der Waals surface area contributed by atoms with Crippen molar-refractivity contribution in [3.63, 3.8) is 0 Å². The number of aromatic nitrogens is 2. The van der Waals surface area contributed by atoms with Crippen molar-refractivity contribution in [2.24, 2.45) is 5.92 Å². The third-order valence-corrected chi connectivity index (χ3v) is 2.89. The maximum atomic E-state index is 4.05. The van der Waals surface area contributed by atoms with Gasteiger partial charge in [0.05, 0.1) is 6.33 Å². The van der Waals surface area contributed by atoms with Gasteiger partial charge in [0.1, 0.15) is 0 Å². The fourth-order valence-electron chi connectivity index (χ4n) is 1.83. The van der Waals surface area contributed by atoms with E-state index in [0.717, 1.165) is 13.1 Å². The molecule has 0 radical (unpaired) electrons. The zero-order valence-corrected chi connectivity index (χ0v) is 10.8. The Morgan fingerprint density at radius 3 is 2.81 bits per heavy atom. The maximum absolute atomic E-state index is 4.05. The molecule has 1 aromatic heterocycles. The van der Waals surface area contributed by atoms with E-state index in [2.05, 4.69) is 35.6 Å². The number of nitrogens with one attached hydrogen (secondary N) is 1. The Kier molecular flexibility index (Phi) is 6.16. The largest absolute Gasteiger partial charge is 0.337 e. The van der Waals surface area contributed by atoms with Crippen LogP contribution in [0.25, 0.3) is 0 Å². The van der Waals surface area contributed by atoms with E-state index in [4.69, 9.17) is 0 Å². The van der Waals surface area contributed by atoms with Gasteiger partial charge in [0, 0.05) is 25.0 Å². The molecular weight excluding hydrogens is 198 g/mol. The molecule has 2 atom stereocenters. The van der Waals surface area contributed by atoms with Gasteiger partial charge in [-0.2, -0.15) is 0 Å². The first kappa shape index (κ1) is 13.2. The lowest BCUT2D eigenvalue weighted by molar-refractivity contribution is 0.402. The number of hydrogen-bond donors (Lipinski definition) is 1. The Labute approximate surface area is 99.3 Å². The van der Waals surface area contributed by atoms with Crippen LogP contribution in [0, 0.1) is 5.92 Å². The van der Waals surface area contributed by atoms with Crippen LogP contribution in [-0.4, -0.2) is 22.1 Å². The van der Waals surface area contributed by atoms with Gasteiger partial charge in [-0.05, 0) is 25.8 Å². The molecule has 2 unspecified atom stereocenters. The normalized spacial score (nSPS) is 14.9. The van der Waals surface area contributed by atoms with Crippen LogP contribution in [0.1, 0.15) is 40.0 Å². The van der Waals surface area contributed by atoms with Gasteiger partial charge < -0.3 is 9.88 Å². The molecule has 0 saturated heterocycles. The Balaban J connectivity index is 2.12. The molecule has 0 aromatic carbocycles. The second-order valence-electron chi connectivity index (χ2n) is 4.82. The molecule has 1 heterocycles. The molecule has 1 rings (SSSR count). The summed E-state index contributed by atoms with van der Waals surface area (Å²) in [4.78, 5) is 4.05. The molecule has 0 aliphatic heterocycles. The predicted octanol–water partition coefficient (Wildman–Crippen LogP) is 2.69. The molecule has 92 valence electrons. The third-order valence-electron chi connectivity index (χ3n) is 2.89. The zero-order chi connectivity index (χ0) is 11.8. The second kappa shape index (κ2) is 7.44. The highest BCUT2D eigenvalue weighted by atomic mass is 15.0. The van der Waals surface area contributed by atoms with Crippen molar-refractivity contribution in [1.82, 2.24) is 14.9 Å². The van der Waals surface area contributed by atoms with Crippen LogP contribution in [0.15, 0.2) is 18.7 Å². The van der Waals surface area contributed by atoms with Gasteiger partial charge in [-0.3, -0.25) is 0 Å². The van der Waals surface area contributed by atoms with Crippen LogP contribution < -0.4 is 5.32 Å². The minimum absolute atomic E-state index is 0.644. The summed E-state index contributed by atoms with van der Waals surface area (Å²) in [6.45, 7) is 8.93. The minimum atomic E-state index is 0.644. The summed E-state index contributed by atoms with van der Waals surface area (Å²) in [5.74, 6) is 0.651. The van der Waals surface area contributed by atoms with Crippen LogP contribution in [-0.2, 0) is 6.54 Å². The summed E-state index contributed by atoms with van der Waals surface area (Å²) in [5, 5.41) is 3.60. The van der Waals surface area contributed by atoms with Gasteiger partial charge in [-0.1, -0.05) is 26.7 Å². The van der Waals surface area contributed by atoms with Crippen LogP contribution in [0.4, 0.5) is 0 Å². The molecule has 16 heavy (non-hydrogen) atoms. The Morgan fingerprint density at radius 1 is 1.38 bits per heavy atom. The van der Waals surface area contributed by atoms with E-state index in [9.17, 15) is 0 Å². The summed E-state index contributed by atoms with van der Waals surface area (Å²) in [6.07, 6.45) is 9.65. The fraction of sp³-hybridized carbons (Fsp3) is 0.769. The van der Waals surface area contributed by atoms with Gasteiger partial charge in [0.2, 0.25) is 0 Å². The molecular formula is C13H25N3. The monoisotopic (exact) mass is 223 g/mol. The van der Waals surface area contributed by atoms with E-state index in [1.807, 2.05) is 18.7 Å². The van der Waals surface area contributed by atoms with E-state index in [0.29, 0.717) is 12.0 Å². The average Bonchev–Trinajstić information content (AvgIpc) is 2.76. The standard InChI is InChI=1S/C13H25N3/c1-4-5-6-13(3)15-9-12(2)10-16-8-7-14-11-16/h7-8,11-13,15H,4-6,9-10H2,1-3H3. The molecule has 0 amide bonds. The first-order valence-electron chi connectivity index (χ1n) is 6.41. The summed E-state index contributed by atoms with van der Waals surface area (Å²) in [6, 6.07) is 0.644. The Morgan fingerprint density at radius 2 is 2.19 bits per heavy atom. The molecule has 1 aromatic rings. The summed E-state index contributed by atoms with van der Waals surface area (Å²) < 4.78 is 2.14. The summed E-state index contributed by atoms with van der Waals surface area (Å²) in [5.41, 5.74) is 0. The van der Waals surface area contributed by atoms with Crippen molar-refractivity contribution in [1.29, 1.82) is 0 Å². The topological polar surface area (TPSA) is 29.9 Å². The van der Waals surface area contributed by atoms with Gasteiger partial charge in [0.25, 0.3) is 0 Å². The van der Waals surface area contributed by atoms with E-state index in [-0.39, 0.29) is 0 Å². The van der Waals surface area contributed by atoms with Crippen molar-refractivity contribution in [2.75, 3.05) is 6.54 Å². The van der Waals surface area contributed by atoms with Gasteiger partial charge in [-0.15, -0.1) is 0 Å². The lowest BCUT2D eigenvalue weighted by atomic mass is 10.1. The van der Waals surface area contributed by atoms with Crippen molar-refractivity contribution in [3.05, 3.63) is 18.7 Å². The number of rotatable bonds is 8. The molecule has 0 aliphatic carbocycles. The highest BCUT2D eigenvalue weighted by Gasteiger charge is 2.05. The first-order chi connectivity index (χ1) is 7.72. The second-order valence-corrected chi connectivity index (χ2v) is 4.82. The van der Waals surface area contributed by atoms with Crippen molar-refractivity contribution in [3.8, 4) is 0 Å². The van der Waals surface area contributed by atoms with Crippen LogP contribution in [0.2, 0.25) is 0 Å². The maximum Gasteiger partial charge on any atom is 0.0946 e. The predicted molar refractivity (Wildman–Crippen MR) is 68.4 cm³/mol. The lowest BCUT2D eigenvalue weighted by Crippen LogP contribution is -2.31. The molecule has 0 aliphatic rings. The number of nitrogens with zero attached hydrogens (tertiary/aromatic N) is 2. The van der Waals surface area contributed by atoms with Crippen molar-refractivity contribution in [2.45, 2.75) is 52.6 Å². The molecule has 0 saturated carbocycles. The quantitative estimate of drug-likeness (QED) is 0.734.